The van der Waals surface area contributed by atoms with Gasteiger partial charge in [0.1, 0.15) is 12.1 Å². The summed E-state index contributed by atoms with van der Waals surface area (Å²) in [4.78, 5) is 35.4. The second-order valence-corrected chi connectivity index (χ2v) is 5.87. The molecule has 6 nitrogen and oxygen atoms in total. The lowest BCUT2D eigenvalue weighted by atomic mass is 10.0. The van der Waals surface area contributed by atoms with E-state index in [0.29, 0.717) is 19.3 Å². The van der Waals surface area contributed by atoms with Crippen LogP contribution in [0.2, 0.25) is 0 Å². The molecule has 0 radical (unpaired) electrons. The third-order valence-corrected chi connectivity index (χ3v) is 4.13. The number of aryl methyl sites for hydroxylation is 2. The number of amides is 2. The third-order valence-electron chi connectivity index (χ3n) is 4.13. The van der Waals surface area contributed by atoms with Crippen molar-refractivity contribution in [3.63, 3.8) is 0 Å². The standard InChI is InChI=1S/C17H22N2O4/c1-10-4-5-12(8-11(10)2)9-14(17(22)23-3)19-16(21)13-6-7-15(20)18-13/h4-5,8,13-14H,6-7,9H2,1-3H3,(H,18,20)(H,19,21)/t13-,14-/m1/s1. The predicted molar refractivity (Wildman–Crippen MR) is 84.7 cm³/mol. The van der Waals surface area contributed by atoms with Crippen LogP contribution in [0.4, 0.5) is 0 Å². The molecule has 1 heterocycles. The minimum atomic E-state index is -0.771. The van der Waals surface area contributed by atoms with E-state index in [1.165, 1.54) is 12.7 Å². The summed E-state index contributed by atoms with van der Waals surface area (Å²) < 4.78 is 4.78. The highest BCUT2D eigenvalue weighted by molar-refractivity contribution is 5.93. The molecule has 0 spiro atoms. The topological polar surface area (TPSA) is 84.5 Å². The fourth-order valence-electron chi connectivity index (χ4n) is 2.58. The molecule has 1 aromatic carbocycles. The Morgan fingerprint density at radius 2 is 2.09 bits per heavy atom. The Morgan fingerprint density at radius 3 is 2.65 bits per heavy atom. The molecule has 0 aromatic heterocycles. The molecular weight excluding hydrogens is 296 g/mol. The third kappa shape index (κ3) is 4.31. The van der Waals surface area contributed by atoms with Gasteiger partial charge in [-0.2, -0.15) is 0 Å². The van der Waals surface area contributed by atoms with E-state index in [-0.39, 0.29) is 11.8 Å². The van der Waals surface area contributed by atoms with Crippen LogP contribution in [0.1, 0.15) is 29.5 Å². The van der Waals surface area contributed by atoms with Gasteiger partial charge in [0.2, 0.25) is 11.8 Å². The van der Waals surface area contributed by atoms with E-state index in [2.05, 4.69) is 10.6 Å². The Hall–Kier alpha value is -2.37. The van der Waals surface area contributed by atoms with Crippen LogP contribution in [0.15, 0.2) is 18.2 Å². The number of carbonyl (C=O) groups is 3. The Morgan fingerprint density at radius 1 is 1.35 bits per heavy atom. The van der Waals surface area contributed by atoms with E-state index < -0.39 is 18.1 Å². The van der Waals surface area contributed by atoms with Crippen molar-refractivity contribution in [3.05, 3.63) is 34.9 Å². The van der Waals surface area contributed by atoms with Crippen LogP contribution in [-0.2, 0) is 25.5 Å². The van der Waals surface area contributed by atoms with Gasteiger partial charge in [-0.15, -0.1) is 0 Å². The Balaban J connectivity index is 2.07. The van der Waals surface area contributed by atoms with Crippen LogP contribution in [-0.4, -0.2) is 37.0 Å². The lowest BCUT2D eigenvalue weighted by Gasteiger charge is -2.19. The average Bonchev–Trinajstić information content (AvgIpc) is 2.96. The van der Waals surface area contributed by atoms with Gasteiger partial charge < -0.3 is 15.4 Å². The molecule has 6 heteroatoms. The van der Waals surface area contributed by atoms with Crippen LogP contribution in [0, 0.1) is 13.8 Å². The summed E-state index contributed by atoms with van der Waals surface area (Å²) in [5.41, 5.74) is 3.24. The molecule has 1 aromatic rings. The number of benzene rings is 1. The molecule has 1 fully saturated rings. The lowest BCUT2D eigenvalue weighted by Crippen LogP contribution is -2.50. The molecule has 23 heavy (non-hydrogen) atoms. The molecule has 0 saturated carbocycles. The van der Waals surface area contributed by atoms with Crippen LogP contribution in [0.3, 0.4) is 0 Å². The average molecular weight is 318 g/mol. The number of methoxy groups -OCH3 is 1. The van der Waals surface area contributed by atoms with Crippen LogP contribution in [0.5, 0.6) is 0 Å². The molecule has 2 rings (SSSR count). The first kappa shape index (κ1) is 17.0. The van der Waals surface area contributed by atoms with Gasteiger partial charge in [-0.1, -0.05) is 18.2 Å². The quantitative estimate of drug-likeness (QED) is 0.786. The first-order valence-electron chi connectivity index (χ1n) is 7.64. The summed E-state index contributed by atoms with van der Waals surface area (Å²) in [7, 11) is 1.29. The van der Waals surface area contributed by atoms with Crippen molar-refractivity contribution in [1.82, 2.24) is 10.6 Å². The van der Waals surface area contributed by atoms with Crippen molar-refractivity contribution in [3.8, 4) is 0 Å². The summed E-state index contributed by atoms with van der Waals surface area (Å²) in [5, 5.41) is 5.28. The van der Waals surface area contributed by atoms with Gasteiger partial charge in [0.05, 0.1) is 7.11 Å². The maximum Gasteiger partial charge on any atom is 0.328 e. The summed E-state index contributed by atoms with van der Waals surface area (Å²) in [5.74, 6) is -0.995. The van der Waals surface area contributed by atoms with E-state index in [1.54, 1.807) is 0 Å². The number of rotatable bonds is 5. The van der Waals surface area contributed by atoms with Crippen molar-refractivity contribution in [2.45, 2.75) is 45.2 Å². The largest absolute Gasteiger partial charge is 0.467 e. The Bertz CT molecular complexity index is 627. The van der Waals surface area contributed by atoms with Gasteiger partial charge in [0.15, 0.2) is 0 Å². The van der Waals surface area contributed by atoms with E-state index in [9.17, 15) is 14.4 Å². The highest BCUT2D eigenvalue weighted by Crippen LogP contribution is 2.13. The van der Waals surface area contributed by atoms with E-state index in [4.69, 9.17) is 4.74 Å². The SMILES string of the molecule is COC(=O)[C@@H](Cc1ccc(C)c(C)c1)NC(=O)[C@H]1CCC(=O)N1. The molecule has 0 aliphatic carbocycles. The fourth-order valence-corrected chi connectivity index (χ4v) is 2.58. The predicted octanol–water partition coefficient (Wildman–Crippen LogP) is 0.782. The van der Waals surface area contributed by atoms with Crippen molar-refractivity contribution >= 4 is 17.8 Å². The smallest absolute Gasteiger partial charge is 0.328 e. The van der Waals surface area contributed by atoms with Gasteiger partial charge in [-0.05, 0) is 37.0 Å². The number of hydrogen-bond acceptors (Lipinski definition) is 4. The summed E-state index contributed by atoms with van der Waals surface area (Å²) in [6.45, 7) is 4.01. The van der Waals surface area contributed by atoms with Crippen LogP contribution >= 0.6 is 0 Å². The molecule has 2 N–H and O–H groups in total. The van der Waals surface area contributed by atoms with Crippen LogP contribution in [0.25, 0.3) is 0 Å². The lowest BCUT2D eigenvalue weighted by molar-refractivity contribution is -0.145. The normalized spacial score (nSPS) is 18.2. The Labute approximate surface area is 135 Å². The zero-order valence-electron chi connectivity index (χ0n) is 13.6. The maximum absolute atomic E-state index is 12.2. The zero-order chi connectivity index (χ0) is 17.0. The molecule has 124 valence electrons. The molecule has 1 saturated heterocycles. The highest BCUT2D eigenvalue weighted by Gasteiger charge is 2.30. The molecule has 1 aliphatic heterocycles. The van der Waals surface area contributed by atoms with Crippen molar-refractivity contribution in [1.29, 1.82) is 0 Å². The fraction of sp³-hybridized carbons (Fsp3) is 0.471. The molecule has 2 amide bonds. The molecular formula is C17H22N2O4. The summed E-state index contributed by atoms with van der Waals surface area (Å²) in [6.07, 6.45) is 1.13. The number of carbonyl (C=O) groups excluding carboxylic acids is 3. The van der Waals surface area contributed by atoms with Gasteiger partial charge in [0, 0.05) is 12.8 Å². The molecule has 2 atom stereocenters. The molecule has 0 unspecified atom stereocenters. The first-order valence-corrected chi connectivity index (χ1v) is 7.64. The first-order chi connectivity index (χ1) is 10.9. The van der Waals surface area contributed by atoms with Gasteiger partial charge >= 0.3 is 5.97 Å². The van der Waals surface area contributed by atoms with Crippen molar-refractivity contribution in [2.75, 3.05) is 7.11 Å². The summed E-state index contributed by atoms with van der Waals surface area (Å²) >= 11 is 0. The van der Waals surface area contributed by atoms with Crippen molar-refractivity contribution in [2.24, 2.45) is 0 Å². The second-order valence-electron chi connectivity index (χ2n) is 5.87. The zero-order valence-corrected chi connectivity index (χ0v) is 13.6. The number of ether oxygens (including phenoxy) is 1. The Kier molecular flexibility index (Phi) is 5.36. The van der Waals surface area contributed by atoms with Gasteiger partial charge in [-0.3, -0.25) is 9.59 Å². The molecule has 0 bridgehead atoms. The number of nitrogens with one attached hydrogen (secondary N) is 2. The van der Waals surface area contributed by atoms with Gasteiger partial charge in [0.25, 0.3) is 0 Å². The number of hydrogen-bond donors (Lipinski definition) is 2. The van der Waals surface area contributed by atoms with E-state index in [0.717, 1.165) is 11.1 Å². The number of esters is 1. The molecule has 1 aliphatic rings. The minimum Gasteiger partial charge on any atom is -0.467 e. The van der Waals surface area contributed by atoms with Gasteiger partial charge in [-0.25, -0.2) is 4.79 Å². The van der Waals surface area contributed by atoms with E-state index in [1.807, 2.05) is 32.0 Å². The van der Waals surface area contributed by atoms with Crippen LogP contribution < -0.4 is 10.6 Å². The summed E-state index contributed by atoms with van der Waals surface area (Å²) in [6, 6.07) is 4.57. The highest BCUT2D eigenvalue weighted by atomic mass is 16.5. The monoisotopic (exact) mass is 318 g/mol. The minimum absolute atomic E-state index is 0.145. The van der Waals surface area contributed by atoms with Crippen molar-refractivity contribution < 1.29 is 19.1 Å². The van der Waals surface area contributed by atoms with E-state index >= 15 is 0 Å². The maximum atomic E-state index is 12.2. The second kappa shape index (κ2) is 7.26.